The maximum Gasteiger partial charge on any atom is 0.259 e. The first-order chi connectivity index (χ1) is 15.4. The predicted molar refractivity (Wildman–Crippen MR) is 125 cm³/mol. The summed E-state index contributed by atoms with van der Waals surface area (Å²) in [5.41, 5.74) is 6.35. The van der Waals surface area contributed by atoms with Crippen molar-refractivity contribution in [3.8, 4) is 5.75 Å². The summed E-state index contributed by atoms with van der Waals surface area (Å²) in [6, 6.07) is 8.05. The summed E-state index contributed by atoms with van der Waals surface area (Å²) >= 11 is 0. The smallest absolute Gasteiger partial charge is 0.259 e. The maximum absolute atomic E-state index is 12.8. The molecule has 2 aromatic rings. The number of aromatic nitrogens is 1. The highest BCUT2D eigenvalue weighted by atomic mass is 32.2. The van der Waals surface area contributed by atoms with E-state index >= 15 is 0 Å². The highest BCUT2D eigenvalue weighted by Crippen LogP contribution is 2.28. The number of amides is 2. The van der Waals surface area contributed by atoms with Gasteiger partial charge in [0.15, 0.2) is 0 Å². The third-order valence-electron chi connectivity index (χ3n) is 4.78. The number of nitrogens with one attached hydrogen (secondary N) is 2. The number of carbonyl (C=O) groups is 2. The summed E-state index contributed by atoms with van der Waals surface area (Å²) in [5.74, 6) is -0.490. The Balaban J connectivity index is 1.70. The van der Waals surface area contributed by atoms with Crippen molar-refractivity contribution in [3.63, 3.8) is 0 Å². The molecule has 0 aliphatic carbocycles. The topological polar surface area (TPSA) is 153 Å². The van der Waals surface area contributed by atoms with Gasteiger partial charge in [-0.05, 0) is 37.6 Å². The molecule has 4 N–H and O–H groups in total. The first-order valence-corrected chi connectivity index (χ1v) is 11.9. The van der Waals surface area contributed by atoms with Crippen LogP contribution >= 0.6 is 0 Å². The molecule has 2 heterocycles. The van der Waals surface area contributed by atoms with E-state index in [1.165, 1.54) is 12.3 Å². The molecule has 0 atom stereocenters. The number of amidine groups is 1. The van der Waals surface area contributed by atoms with Crippen LogP contribution in [-0.4, -0.2) is 43.2 Å². The van der Waals surface area contributed by atoms with Gasteiger partial charge in [0.25, 0.3) is 15.9 Å². The summed E-state index contributed by atoms with van der Waals surface area (Å²) in [7, 11) is -3.65. The standard InChI is InChI=1S/C22H27N5O5S/c1-13(2)20(28)25-17-10-14(8-9-24-17)21(29)26-22(3,4)12-32-16-7-5-6-15-11-33(30,31)27-19(23)18(15)16/h5-10,13H,11-12H2,1-4H3,(H2,23,27)(H,26,29)(H,24,25,28). The minimum absolute atomic E-state index is 0.0806. The molecule has 3 rings (SSSR count). The van der Waals surface area contributed by atoms with Gasteiger partial charge in [-0.15, -0.1) is 4.40 Å². The normalized spacial score (nSPS) is 14.8. The molecule has 1 aromatic heterocycles. The number of ether oxygens (including phenoxy) is 1. The molecular weight excluding hydrogens is 446 g/mol. The number of hydrogen-bond acceptors (Lipinski definition) is 7. The molecule has 11 heteroatoms. The van der Waals surface area contributed by atoms with Crippen LogP contribution in [0.15, 0.2) is 40.9 Å². The second kappa shape index (κ2) is 9.18. The number of sulfonamides is 1. The third kappa shape index (κ3) is 6.07. The lowest BCUT2D eigenvalue weighted by atomic mass is 10.0. The molecule has 176 valence electrons. The van der Waals surface area contributed by atoms with Crippen LogP contribution < -0.4 is 21.1 Å². The minimum atomic E-state index is -3.65. The van der Waals surface area contributed by atoms with Gasteiger partial charge in [-0.1, -0.05) is 26.0 Å². The van der Waals surface area contributed by atoms with Gasteiger partial charge in [0.05, 0.1) is 16.9 Å². The third-order valence-corrected chi connectivity index (χ3v) is 5.93. The number of pyridine rings is 1. The van der Waals surface area contributed by atoms with E-state index in [0.717, 1.165) is 0 Å². The van der Waals surface area contributed by atoms with Crippen LogP contribution in [0.4, 0.5) is 5.82 Å². The SMILES string of the molecule is CC(C)C(=O)Nc1cc(C(=O)NC(C)(C)COc2cccc3c2C(N)=NS(=O)(=O)C3)ccn1. The fourth-order valence-corrected chi connectivity index (χ4v) is 4.21. The largest absolute Gasteiger partial charge is 0.490 e. The number of rotatable bonds is 7. The summed E-state index contributed by atoms with van der Waals surface area (Å²) in [4.78, 5) is 28.7. The van der Waals surface area contributed by atoms with E-state index in [1.54, 1.807) is 52.0 Å². The average molecular weight is 474 g/mol. The first kappa shape index (κ1) is 24.2. The second-order valence-electron chi connectivity index (χ2n) is 8.69. The molecule has 1 aliphatic heterocycles. The lowest BCUT2D eigenvalue weighted by Gasteiger charge is -2.27. The Morgan fingerprint density at radius 3 is 2.67 bits per heavy atom. The Hall–Kier alpha value is -3.47. The lowest BCUT2D eigenvalue weighted by Crippen LogP contribution is -2.48. The number of nitrogens with two attached hydrogens (primary N) is 1. The fourth-order valence-electron chi connectivity index (χ4n) is 3.12. The molecule has 1 aliphatic rings. The summed E-state index contributed by atoms with van der Waals surface area (Å²) in [6.45, 7) is 7.17. The van der Waals surface area contributed by atoms with Gasteiger partial charge < -0.3 is 21.1 Å². The van der Waals surface area contributed by atoms with Gasteiger partial charge in [-0.3, -0.25) is 9.59 Å². The summed E-state index contributed by atoms with van der Waals surface area (Å²) in [6.07, 6.45) is 1.45. The van der Waals surface area contributed by atoms with Crippen molar-refractivity contribution in [2.45, 2.75) is 39.0 Å². The zero-order chi connectivity index (χ0) is 24.4. The summed E-state index contributed by atoms with van der Waals surface area (Å²) < 4.78 is 33.2. The average Bonchev–Trinajstić information content (AvgIpc) is 2.71. The van der Waals surface area contributed by atoms with E-state index in [2.05, 4.69) is 20.0 Å². The molecule has 0 radical (unpaired) electrons. The van der Waals surface area contributed by atoms with Gasteiger partial charge in [-0.25, -0.2) is 13.4 Å². The molecule has 0 fully saturated rings. The van der Waals surface area contributed by atoms with E-state index in [4.69, 9.17) is 10.5 Å². The quantitative estimate of drug-likeness (QED) is 0.554. The maximum atomic E-state index is 12.8. The highest BCUT2D eigenvalue weighted by molar-refractivity contribution is 7.89. The Bertz CT molecular complexity index is 1220. The number of anilines is 1. The van der Waals surface area contributed by atoms with Crippen molar-refractivity contribution in [2.75, 3.05) is 11.9 Å². The molecule has 0 unspecified atom stereocenters. The molecule has 0 saturated heterocycles. The van der Waals surface area contributed by atoms with Crippen LogP contribution in [0.1, 0.15) is 49.2 Å². The van der Waals surface area contributed by atoms with Gasteiger partial charge in [0.1, 0.15) is 24.0 Å². The van der Waals surface area contributed by atoms with Gasteiger partial charge in [0.2, 0.25) is 5.91 Å². The van der Waals surface area contributed by atoms with Crippen LogP contribution in [0.2, 0.25) is 0 Å². The van der Waals surface area contributed by atoms with Gasteiger partial charge >= 0.3 is 0 Å². The van der Waals surface area contributed by atoms with E-state index in [1.807, 2.05) is 0 Å². The van der Waals surface area contributed by atoms with Crippen molar-refractivity contribution in [1.29, 1.82) is 0 Å². The molecule has 2 amide bonds. The van der Waals surface area contributed by atoms with Crippen molar-refractivity contribution in [2.24, 2.45) is 16.0 Å². The Labute approximate surface area is 192 Å². The molecule has 10 nitrogen and oxygen atoms in total. The van der Waals surface area contributed by atoms with Crippen LogP contribution in [0.25, 0.3) is 0 Å². The van der Waals surface area contributed by atoms with Crippen LogP contribution in [0.5, 0.6) is 5.75 Å². The predicted octanol–water partition coefficient (Wildman–Crippen LogP) is 1.81. The van der Waals surface area contributed by atoms with E-state index in [9.17, 15) is 18.0 Å². The van der Waals surface area contributed by atoms with Crippen LogP contribution in [-0.2, 0) is 20.6 Å². The number of nitrogens with zero attached hydrogens (tertiary/aromatic N) is 2. The highest BCUT2D eigenvalue weighted by Gasteiger charge is 2.27. The molecule has 33 heavy (non-hydrogen) atoms. The zero-order valence-electron chi connectivity index (χ0n) is 18.9. The van der Waals surface area contributed by atoms with Crippen molar-refractivity contribution in [1.82, 2.24) is 10.3 Å². The number of carbonyl (C=O) groups excluding carboxylic acids is 2. The lowest BCUT2D eigenvalue weighted by molar-refractivity contribution is -0.118. The van der Waals surface area contributed by atoms with E-state index in [0.29, 0.717) is 22.4 Å². The van der Waals surface area contributed by atoms with Gasteiger partial charge in [-0.2, -0.15) is 0 Å². The van der Waals surface area contributed by atoms with Crippen LogP contribution in [0.3, 0.4) is 0 Å². The molecular formula is C22H27N5O5S. The number of fused-ring (bicyclic) bond motifs is 1. The Morgan fingerprint density at radius 1 is 1.24 bits per heavy atom. The summed E-state index contributed by atoms with van der Waals surface area (Å²) in [5, 5.41) is 5.55. The first-order valence-electron chi connectivity index (χ1n) is 10.3. The Kier molecular flexibility index (Phi) is 6.73. The Morgan fingerprint density at radius 2 is 1.97 bits per heavy atom. The zero-order valence-corrected chi connectivity index (χ0v) is 19.7. The molecule has 0 bridgehead atoms. The molecule has 0 spiro atoms. The monoisotopic (exact) mass is 473 g/mol. The fraction of sp³-hybridized carbons (Fsp3) is 0.364. The van der Waals surface area contributed by atoms with Crippen LogP contribution in [0, 0.1) is 5.92 Å². The molecule has 1 aromatic carbocycles. The van der Waals surface area contributed by atoms with Gasteiger partial charge in [0, 0.05) is 17.7 Å². The van der Waals surface area contributed by atoms with E-state index < -0.39 is 15.6 Å². The van der Waals surface area contributed by atoms with Crippen molar-refractivity contribution >= 4 is 33.5 Å². The van der Waals surface area contributed by atoms with E-state index in [-0.39, 0.29) is 41.7 Å². The number of benzene rings is 1. The van der Waals surface area contributed by atoms with Crippen molar-refractivity contribution < 1.29 is 22.7 Å². The minimum Gasteiger partial charge on any atom is -0.490 e. The molecule has 0 saturated carbocycles. The van der Waals surface area contributed by atoms with Crippen molar-refractivity contribution in [3.05, 3.63) is 53.2 Å². The second-order valence-corrected chi connectivity index (χ2v) is 10.3. The number of hydrogen-bond donors (Lipinski definition) is 3.